The number of benzene rings is 1. The van der Waals surface area contributed by atoms with Gasteiger partial charge >= 0.3 is 5.97 Å². The number of rotatable bonds is 2. The molecule has 1 heterocycles. The Hall–Kier alpha value is -2.05. The summed E-state index contributed by atoms with van der Waals surface area (Å²) in [5.41, 5.74) is -1.41. The van der Waals surface area contributed by atoms with Gasteiger partial charge in [-0.1, -0.05) is 0 Å². The standard InChI is InChI=1S/C13H12F3NO3/c1-13(12(19)20)2-3-17(6-13)11(18)7-4-8(14)10(16)9(15)5-7/h4-5H,2-3,6H2,1H3,(H,19,20). The maximum atomic E-state index is 13.1. The van der Waals surface area contributed by atoms with Crippen LogP contribution in [0.1, 0.15) is 23.7 Å². The molecule has 0 bridgehead atoms. The first-order valence-corrected chi connectivity index (χ1v) is 5.92. The fraction of sp³-hybridized carbons (Fsp3) is 0.385. The van der Waals surface area contributed by atoms with E-state index in [-0.39, 0.29) is 25.1 Å². The minimum atomic E-state index is -1.64. The van der Waals surface area contributed by atoms with Gasteiger partial charge in [0.25, 0.3) is 5.91 Å². The summed E-state index contributed by atoms with van der Waals surface area (Å²) in [6.07, 6.45) is 0.250. The van der Waals surface area contributed by atoms with E-state index in [4.69, 9.17) is 5.11 Å². The highest BCUT2D eigenvalue weighted by atomic mass is 19.2. The fourth-order valence-electron chi connectivity index (χ4n) is 2.17. The van der Waals surface area contributed by atoms with E-state index in [2.05, 4.69) is 0 Å². The summed E-state index contributed by atoms with van der Waals surface area (Å²) in [6, 6.07) is 1.22. The van der Waals surface area contributed by atoms with Crippen LogP contribution in [-0.2, 0) is 4.79 Å². The maximum absolute atomic E-state index is 13.1. The summed E-state index contributed by atoms with van der Waals surface area (Å²) in [6.45, 7) is 1.61. The third-order valence-corrected chi connectivity index (χ3v) is 3.51. The summed E-state index contributed by atoms with van der Waals surface area (Å²) in [7, 11) is 0. The van der Waals surface area contributed by atoms with Crippen molar-refractivity contribution in [3.8, 4) is 0 Å². The van der Waals surface area contributed by atoms with Gasteiger partial charge in [0.2, 0.25) is 0 Å². The molecule has 20 heavy (non-hydrogen) atoms. The predicted octanol–water partition coefficient (Wildman–Crippen LogP) is 2.04. The summed E-state index contributed by atoms with van der Waals surface area (Å²) >= 11 is 0. The van der Waals surface area contributed by atoms with E-state index in [0.717, 1.165) is 0 Å². The molecule has 1 aliphatic rings. The maximum Gasteiger partial charge on any atom is 0.311 e. The van der Waals surface area contributed by atoms with Gasteiger partial charge in [0.15, 0.2) is 17.5 Å². The van der Waals surface area contributed by atoms with Gasteiger partial charge in [-0.25, -0.2) is 13.2 Å². The van der Waals surface area contributed by atoms with E-state index < -0.39 is 34.7 Å². The first kappa shape index (κ1) is 14.4. The van der Waals surface area contributed by atoms with E-state index in [9.17, 15) is 22.8 Å². The SMILES string of the molecule is CC1(C(=O)O)CCN(C(=O)c2cc(F)c(F)c(F)c2)C1. The largest absolute Gasteiger partial charge is 0.481 e. The summed E-state index contributed by atoms with van der Waals surface area (Å²) in [5.74, 6) is -6.29. The lowest BCUT2D eigenvalue weighted by atomic mass is 9.90. The lowest BCUT2D eigenvalue weighted by Crippen LogP contribution is -2.35. The van der Waals surface area contributed by atoms with Crippen LogP contribution in [0.5, 0.6) is 0 Å². The Morgan fingerprint density at radius 1 is 1.25 bits per heavy atom. The molecule has 1 fully saturated rings. The highest BCUT2D eigenvalue weighted by Gasteiger charge is 2.42. The Morgan fingerprint density at radius 2 is 1.80 bits per heavy atom. The van der Waals surface area contributed by atoms with Crippen LogP contribution >= 0.6 is 0 Å². The molecule has 1 aromatic rings. The zero-order valence-electron chi connectivity index (χ0n) is 10.6. The zero-order valence-corrected chi connectivity index (χ0v) is 10.6. The molecular formula is C13H12F3NO3. The third-order valence-electron chi connectivity index (χ3n) is 3.51. The Balaban J connectivity index is 2.24. The molecule has 1 atom stereocenters. The molecule has 0 radical (unpaired) electrons. The van der Waals surface area contributed by atoms with Crippen molar-refractivity contribution < 1.29 is 27.9 Å². The van der Waals surface area contributed by atoms with Gasteiger partial charge in [-0.05, 0) is 25.5 Å². The van der Waals surface area contributed by atoms with Crippen LogP contribution in [-0.4, -0.2) is 35.0 Å². The topological polar surface area (TPSA) is 57.6 Å². The summed E-state index contributed by atoms with van der Waals surface area (Å²) in [4.78, 5) is 24.3. The molecule has 1 unspecified atom stereocenters. The Labute approximate surface area is 112 Å². The number of likely N-dealkylation sites (tertiary alicyclic amines) is 1. The third kappa shape index (κ3) is 2.35. The van der Waals surface area contributed by atoms with E-state index in [1.807, 2.05) is 0 Å². The molecule has 1 saturated heterocycles. The van der Waals surface area contributed by atoms with Gasteiger partial charge in [0, 0.05) is 18.7 Å². The Kier molecular flexibility index (Phi) is 3.45. The Morgan fingerprint density at radius 3 is 2.25 bits per heavy atom. The molecule has 2 rings (SSSR count). The number of nitrogens with zero attached hydrogens (tertiary/aromatic N) is 1. The summed E-state index contributed by atoms with van der Waals surface area (Å²) in [5, 5.41) is 9.06. The van der Waals surface area contributed by atoms with Crippen LogP contribution in [0.15, 0.2) is 12.1 Å². The predicted molar refractivity (Wildman–Crippen MR) is 62.6 cm³/mol. The second-order valence-electron chi connectivity index (χ2n) is 5.10. The molecule has 0 spiro atoms. The van der Waals surface area contributed by atoms with Crippen LogP contribution in [0.4, 0.5) is 13.2 Å². The van der Waals surface area contributed by atoms with Gasteiger partial charge in [-0.15, -0.1) is 0 Å². The van der Waals surface area contributed by atoms with E-state index in [1.165, 1.54) is 11.8 Å². The van der Waals surface area contributed by atoms with E-state index in [1.54, 1.807) is 0 Å². The minimum Gasteiger partial charge on any atom is -0.481 e. The highest BCUT2D eigenvalue weighted by Crippen LogP contribution is 2.31. The van der Waals surface area contributed by atoms with E-state index in [0.29, 0.717) is 12.1 Å². The van der Waals surface area contributed by atoms with Gasteiger partial charge < -0.3 is 10.0 Å². The highest BCUT2D eigenvalue weighted by molar-refractivity contribution is 5.95. The van der Waals surface area contributed by atoms with Crippen molar-refractivity contribution >= 4 is 11.9 Å². The first-order valence-electron chi connectivity index (χ1n) is 5.92. The van der Waals surface area contributed by atoms with Crippen molar-refractivity contribution in [3.05, 3.63) is 35.1 Å². The number of aliphatic carboxylic acids is 1. The van der Waals surface area contributed by atoms with Crippen LogP contribution in [0, 0.1) is 22.9 Å². The van der Waals surface area contributed by atoms with Gasteiger partial charge in [-0.3, -0.25) is 9.59 Å². The first-order chi connectivity index (χ1) is 9.24. The van der Waals surface area contributed by atoms with Gasteiger partial charge in [0.1, 0.15) is 0 Å². The number of carboxylic acids is 1. The van der Waals surface area contributed by atoms with Crippen molar-refractivity contribution in [2.45, 2.75) is 13.3 Å². The number of carboxylic acid groups (broad SMARTS) is 1. The number of halogens is 3. The molecule has 0 saturated carbocycles. The molecule has 1 amide bonds. The van der Waals surface area contributed by atoms with Gasteiger partial charge in [-0.2, -0.15) is 0 Å². The number of hydrogen-bond donors (Lipinski definition) is 1. The van der Waals surface area contributed by atoms with Crippen LogP contribution in [0.25, 0.3) is 0 Å². The van der Waals surface area contributed by atoms with Crippen LogP contribution < -0.4 is 0 Å². The second-order valence-corrected chi connectivity index (χ2v) is 5.10. The average molecular weight is 287 g/mol. The van der Waals surface area contributed by atoms with Crippen molar-refractivity contribution in [1.29, 1.82) is 0 Å². The molecule has 7 heteroatoms. The van der Waals surface area contributed by atoms with Crippen LogP contribution in [0.3, 0.4) is 0 Å². The zero-order chi connectivity index (χ0) is 15.1. The monoisotopic (exact) mass is 287 g/mol. The lowest BCUT2D eigenvalue weighted by Gasteiger charge is -2.20. The molecule has 0 aromatic heterocycles. The normalized spacial score (nSPS) is 22.1. The molecule has 1 aliphatic heterocycles. The number of carbonyl (C=O) groups excluding carboxylic acids is 1. The molecular weight excluding hydrogens is 275 g/mol. The van der Waals surface area contributed by atoms with Crippen LogP contribution in [0.2, 0.25) is 0 Å². The molecule has 0 aliphatic carbocycles. The lowest BCUT2D eigenvalue weighted by molar-refractivity contribution is -0.147. The number of carbonyl (C=O) groups is 2. The van der Waals surface area contributed by atoms with Crippen molar-refractivity contribution in [2.75, 3.05) is 13.1 Å². The molecule has 108 valence electrons. The Bertz CT molecular complexity index is 567. The molecule has 1 N–H and O–H groups in total. The van der Waals surface area contributed by atoms with E-state index >= 15 is 0 Å². The quantitative estimate of drug-likeness (QED) is 0.847. The average Bonchev–Trinajstić information content (AvgIpc) is 2.78. The fourth-order valence-corrected chi connectivity index (χ4v) is 2.17. The minimum absolute atomic E-state index is 0.0538. The second kappa shape index (κ2) is 4.81. The van der Waals surface area contributed by atoms with Crippen molar-refractivity contribution in [1.82, 2.24) is 4.90 Å². The number of hydrogen-bond acceptors (Lipinski definition) is 2. The smallest absolute Gasteiger partial charge is 0.311 e. The molecule has 1 aromatic carbocycles. The summed E-state index contributed by atoms with van der Waals surface area (Å²) < 4.78 is 39.0. The number of amides is 1. The van der Waals surface area contributed by atoms with Crippen molar-refractivity contribution in [3.63, 3.8) is 0 Å². The van der Waals surface area contributed by atoms with Gasteiger partial charge in [0.05, 0.1) is 5.41 Å². The molecule has 4 nitrogen and oxygen atoms in total. The van der Waals surface area contributed by atoms with Crippen molar-refractivity contribution in [2.24, 2.45) is 5.41 Å².